The van der Waals surface area contributed by atoms with E-state index in [1.54, 1.807) is 23.5 Å². The summed E-state index contributed by atoms with van der Waals surface area (Å²) in [5, 5.41) is 6.77. The van der Waals surface area contributed by atoms with Crippen LogP contribution in [0.15, 0.2) is 58.8 Å². The van der Waals surface area contributed by atoms with E-state index in [1.165, 1.54) is 16.4 Å². The Morgan fingerprint density at radius 3 is 2.72 bits per heavy atom. The molecule has 1 atom stereocenters. The number of carbonyl (C=O) groups is 1. The largest absolute Gasteiger partial charge is 0.312 e. The number of carbonyl (C=O) groups excluding carboxylic acids is 1. The van der Waals surface area contributed by atoms with Gasteiger partial charge in [0, 0.05) is 58.1 Å². The molecule has 29 heavy (non-hydrogen) atoms. The summed E-state index contributed by atoms with van der Waals surface area (Å²) in [5.41, 5.74) is 0.769. The number of halogens is 1. The average molecular weight is 449 g/mol. The van der Waals surface area contributed by atoms with Gasteiger partial charge >= 0.3 is 0 Å². The second-order valence-electron chi connectivity index (χ2n) is 7.08. The van der Waals surface area contributed by atoms with Crippen LogP contribution in [-0.4, -0.2) is 44.2 Å². The predicted octanol–water partition coefficient (Wildman–Crippen LogP) is 4.18. The lowest BCUT2D eigenvalue weighted by molar-refractivity contribution is 0.0983. The van der Waals surface area contributed by atoms with E-state index in [2.05, 4.69) is 5.32 Å². The number of sulfonamides is 1. The van der Waals surface area contributed by atoms with Crippen molar-refractivity contribution in [2.75, 3.05) is 19.6 Å². The second-order valence-corrected chi connectivity index (χ2v) is 10.4. The summed E-state index contributed by atoms with van der Waals surface area (Å²) in [5.74, 6) is 0.110. The molecular weight excluding hydrogens is 428 g/mol. The van der Waals surface area contributed by atoms with Crippen molar-refractivity contribution in [3.05, 3.63) is 64.5 Å². The topological polar surface area (TPSA) is 66.5 Å². The minimum atomic E-state index is -3.52. The first-order valence-corrected chi connectivity index (χ1v) is 12.1. The normalized spacial score (nSPS) is 17.8. The van der Waals surface area contributed by atoms with E-state index in [9.17, 15) is 13.2 Å². The minimum Gasteiger partial charge on any atom is -0.312 e. The van der Waals surface area contributed by atoms with E-state index >= 15 is 0 Å². The van der Waals surface area contributed by atoms with Crippen molar-refractivity contribution in [3.63, 3.8) is 0 Å². The summed E-state index contributed by atoms with van der Waals surface area (Å²) < 4.78 is 28.1. The molecule has 3 aromatic rings. The van der Waals surface area contributed by atoms with Gasteiger partial charge in [0.15, 0.2) is 5.78 Å². The van der Waals surface area contributed by atoms with Gasteiger partial charge in [0.2, 0.25) is 10.0 Å². The van der Waals surface area contributed by atoms with Crippen LogP contribution in [0.3, 0.4) is 0 Å². The summed E-state index contributed by atoms with van der Waals surface area (Å²) in [7, 11) is -3.52. The van der Waals surface area contributed by atoms with E-state index < -0.39 is 10.0 Å². The summed E-state index contributed by atoms with van der Waals surface area (Å²) in [6.07, 6.45) is 1.11. The number of ketones is 1. The van der Waals surface area contributed by atoms with Gasteiger partial charge in [0.1, 0.15) is 0 Å². The molecule has 0 radical (unpaired) electrons. The van der Waals surface area contributed by atoms with Crippen LogP contribution in [0.25, 0.3) is 10.1 Å². The lowest BCUT2D eigenvalue weighted by Crippen LogP contribution is -2.36. The fraction of sp³-hybridized carbons (Fsp3) is 0.286. The summed E-state index contributed by atoms with van der Waals surface area (Å²) in [4.78, 5) is 12.8. The summed E-state index contributed by atoms with van der Waals surface area (Å²) in [6.45, 7) is 1.40. The molecule has 0 unspecified atom stereocenters. The van der Waals surface area contributed by atoms with Gasteiger partial charge in [-0.15, -0.1) is 11.3 Å². The first-order valence-electron chi connectivity index (χ1n) is 9.44. The van der Waals surface area contributed by atoms with Crippen LogP contribution < -0.4 is 5.32 Å². The highest BCUT2D eigenvalue weighted by molar-refractivity contribution is 7.89. The highest BCUT2D eigenvalue weighted by atomic mass is 35.5. The van der Waals surface area contributed by atoms with E-state index in [4.69, 9.17) is 11.6 Å². The molecule has 152 valence electrons. The maximum atomic E-state index is 12.8. The lowest BCUT2D eigenvalue weighted by atomic mass is 10.1. The van der Waals surface area contributed by atoms with Crippen LogP contribution in [-0.2, 0) is 10.0 Å². The lowest BCUT2D eigenvalue weighted by Gasteiger charge is -2.17. The smallest absolute Gasteiger partial charge is 0.243 e. The van der Waals surface area contributed by atoms with Crippen LogP contribution in [0.4, 0.5) is 0 Å². The quantitative estimate of drug-likeness (QED) is 0.550. The van der Waals surface area contributed by atoms with Crippen molar-refractivity contribution in [2.24, 2.45) is 0 Å². The van der Waals surface area contributed by atoms with Gasteiger partial charge in [-0.2, -0.15) is 4.31 Å². The molecule has 2 heterocycles. The SMILES string of the molecule is O=C(CCN[C@H]1CCN(S(=O)(=O)c2ccc(Cl)cc2)C1)c1csc2ccccc12. The third-order valence-corrected chi connectivity index (χ3v) is 8.26. The number of benzene rings is 2. The molecule has 0 spiro atoms. The Bertz CT molecular complexity index is 1130. The number of hydrogen-bond acceptors (Lipinski definition) is 5. The van der Waals surface area contributed by atoms with Gasteiger partial charge in [-0.25, -0.2) is 8.42 Å². The second kappa shape index (κ2) is 8.53. The number of nitrogens with one attached hydrogen (secondary N) is 1. The maximum absolute atomic E-state index is 12.8. The molecule has 2 aromatic carbocycles. The Hall–Kier alpha value is -1.77. The molecule has 4 rings (SSSR count). The van der Waals surface area contributed by atoms with Gasteiger partial charge in [-0.05, 0) is 36.8 Å². The molecule has 0 amide bonds. The zero-order valence-electron chi connectivity index (χ0n) is 15.7. The highest BCUT2D eigenvalue weighted by Gasteiger charge is 2.32. The molecule has 5 nitrogen and oxygen atoms in total. The number of hydrogen-bond donors (Lipinski definition) is 1. The molecule has 0 bridgehead atoms. The third kappa shape index (κ3) is 4.39. The Morgan fingerprint density at radius 2 is 1.93 bits per heavy atom. The van der Waals surface area contributed by atoms with Gasteiger partial charge in [0.05, 0.1) is 4.90 Å². The molecule has 0 aliphatic carbocycles. The van der Waals surface area contributed by atoms with Crippen LogP contribution in [0.2, 0.25) is 5.02 Å². The van der Waals surface area contributed by atoms with Gasteiger partial charge < -0.3 is 5.32 Å². The van der Waals surface area contributed by atoms with Gasteiger partial charge in [0.25, 0.3) is 0 Å². The zero-order valence-corrected chi connectivity index (χ0v) is 18.1. The average Bonchev–Trinajstić information content (AvgIpc) is 3.36. The maximum Gasteiger partial charge on any atom is 0.243 e. The Morgan fingerprint density at radius 1 is 1.17 bits per heavy atom. The fourth-order valence-electron chi connectivity index (χ4n) is 3.59. The van der Waals surface area contributed by atoms with E-state index in [1.807, 2.05) is 29.6 Å². The van der Waals surface area contributed by atoms with E-state index in [0.717, 1.165) is 22.1 Å². The molecule has 1 aliphatic rings. The third-order valence-electron chi connectivity index (χ3n) is 5.17. The first-order chi connectivity index (χ1) is 13.9. The summed E-state index contributed by atoms with van der Waals surface area (Å²) in [6, 6.07) is 14.2. The Labute approximate surface area is 179 Å². The Balaban J connectivity index is 1.31. The van der Waals surface area contributed by atoms with Crippen molar-refractivity contribution < 1.29 is 13.2 Å². The van der Waals surface area contributed by atoms with Crippen LogP contribution in [0.5, 0.6) is 0 Å². The van der Waals surface area contributed by atoms with Crippen molar-refractivity contribution in [1.29, 1.82) is 0 Å². The highest BCUT2D eigenvalue weighted by Crippen LogP contribution is 2.27. The number of thiophene rings is 1. The minimum absolute atomic E-state index is 0.0455. The zero-order chi connectivity index (χ0) is 20.4. The fourth-order valence-corrected chi connectivity index (χ4v) is 6.18. The molecule has 1 N–H and O–H groups in total. The molecule has 8 heteroatoms. The Kier molecular flexibility index (Phi) is 6.03. The van der Waals surface area contributed by atoms with E-state index in [-0.39, 0.29) is 16.7 Å². The van der Waals surface area contributed by atoms with E-state index in [0.29, 0.717) is 31.1 Å². The van der Waals surface area contributed by atoms with Gasteiger partial charge in [-0.3, -0.25) is 4.79 Å². The molecule has 1 fully saturated rings. The standard InChI is InChI=1S/C21H21ClN2O3S2/c22-15-5-7-17(8-6-15)29(26,27)24-12-10-16(13-24)23-11-9-20(25)19-14-28-21-4-2-1-3-18(19)21/h1-8,14,16,23H,9-13H2/t16-/m0/s1. The first kappa shape index (κ1) is 20.5. The number of rotatable bonds is 7. The molecule has 1 saturated heterocycles. The summed E-state index contributed by atoms with van der Waals surface area (Å²) >= 11 is 7.43. The number of fused-ring (bicyclic) bond motifs is 1. The predicted molar refractivity (Wildman–Crippen MR) is 117 cm³/mol. The van der Waals surface area contributed by atoms with Crippen LogP contribution in [0.1, 0.15) is 23.2 Å². The monoisotopic (exact) mass is 448 g/mol. The molecule has 1 aromatic heterocycles. The molecule has 0 saturated carbocycles. The number of nitrogens with zero attached hydrogens (tertiary/aromatic N) is 1. The van der Waals surface area contributed by atoms with Crippen molar-refractivity contribution in [2.45, 2.75) is 23.8 Å². The van der Waals surface area contributed by atoms with Crippen molar-refractivity contribution >= 4 is 48.8 Å². The van der Waals surface area contributed by atoms with Crippen LogP contribution >= 0.6 is 22.9 Å². The van der Waals surface area contributed by atoms with Crippen LogP contribution in [0, 0.1) is 0 Å². The van der Waals surface area contributed by atoms with Gasteiger partial charge in [-0.1, -0.05) is 29.8 Å². The van der Waals surface area contributed by atoms with Crippen molar-refractivity contribution in [3.8, 4) is 0 Å². The van der Waals surface area contributed by atoms with Crippen molar-refractivity contribution in [1.82, 2.24) is 9.62 Å². The molecular formula is C21H21ClN2O3S2. The number of Topliss-reactive ketones (excluding diaryl/α,β-unsaturated/α-hetero) is 1. The molecule has 1 aliphatic heterocycles.